The number of aryl methyl sites for hydroxylation is 1. The van der Waals surface area contributed by atoms with E-state index in [4.69, 9.17) is 5.11 Å². The van der Waals surface area contributed by atoms with Crippen LogP contribution in [0.2, 0.25) is 0 Å². The van der Waals surface area contributed by atoms with Gasteiger partial charge in [0.25, 0.3) is 5.91 Å². The Kier molecular flexibility index (Phi) is 5.55. The Morgan fingerprint density at radius 2 is 1.86 bits per heavy atom. The number of carbonyl (C=O) groups excluding carboxylic acids is 1. The second-order valence-corrected chi connectivity index (χ2v) is 8.03. The lowest BCUT2D eigenvalue weighted by atomic mass is 10.1. The molecule has 0 aliphatic carbocycles. The van der Waals surface area contributed by atoms with Crippen LogP contribution in [0.1, 0.15) is 22.3 Å². The van der Waals surface area contributed by atoms with Crippen LogP contribution < -0.4 is 5.32 Å². The molecule has 4 nitrogen and oxygen atoms in total. The van der Waals surface area contributed by atoms with Gasteiger partial charge in [0.1, 0.15) is 0 Å². The van der Waals surface area contributed by atoms with E-state index >= 15 is 0 Å². The third-order valence-corrected chi connectivity index (χ3v) is 5.08. The van der Waals surface area contributed by atoms with Crippen molar-refractivity contribution in [2.24, 2.45) is 0 Å². The number of carbonyl (C=O) groups is 2. The number of hydrogen-bond donors (Lipinski definition) is 2. The summed E-state index contributed by atoms with van der Waals surface area (Å²) in [6.07, 6.45) is 0.578. The molecule has 1 aromatic heterocycles. The van der Waals surface area contributed by atoms with Crippen molar-refractivity contribution in [1.29, 1.82) is 0 Å². The zero-order chi connectivity index (χ0) is 15.4. The van der Waals surface area contributed by atoms with E-state index < -0.39 is 5.97 Å². The smallest absolute Gasteiger partial charge is 0.303 e. The highest BCUT2D eigenvalue weighted by Crippen LogP contribution is 2.32. The Bertz CT molecular complexity index is 667. The van der Waals surface area contributed by atoms with Crippen LogP contribution >= 0.6 is 43.2 Å². The number of halogens is 2. The lowest BCUT2D eigenvalue weighted by molar-refractivity contribution is -0.136. The normalized spacial score (nSPS) is 10.4. The van der Waals surface area contributed by atoms with Gasteiger partial charge in [-0.15, -0.1) is 11.3 Å². The molecule has 0 aliphatic heterocycles. The SMILES string of the molecule is O=C(O)CCc1ccc(NC(=O)c2cc(Br)sc2Br)cc1. The van der Waals surface area contributed by atoms with E-state index in [1.807, 2.05) is 12.1 Å². The van der Waals surface area contributed by atoms with Gasteiger partial charge in [-0.1, -0.05) is 12.1 Å². The number of aliphatic carboxylic acids is 1. The van der Waals surface area contributed by atoms with Crippen LogP contribution in [0.3, 0.4) is 0 Å². The molecule has 7 heteroatoms. The number of hydrogen-bond acceptors (Lipinski definition) is 3. The topological polar surface area (TPSA) is 66.4 Å². The van der Waals surface area contributed by atoms with Gasteiger partial charge in [-0.3, -0.25) is 9.59 Å². The van der Waals surface area contributed by atoms with E-state index in [0.29, 0.717) is 17.7 Å². The van der Waals surface area contributed by atoms with E-state index in [9.17, 15) is 9.59 Å². The Morgan fingerprint density at radius 1 is 1.19 bits per heavy atom. The van der Waals surface area contributed by atoms with Crippen LogP contribution in [0.5, 0.6) is 0 Å². The molecule has 0 saturated heterocycles. The summed E-state index contributed by atoms with van der Waals surface area (Å²) in [5.41, 5.74) is 2.17. The molecule has 1 aromatic carbocycles. The van der Waals surface area contributed by atoms with Gasteiger partial charge >= 0.3 is 5.97 Å². The fraction of sp³-hybridized carbons (Fsp3) is 0.143. The predicted octanol–water partition coefficient (Wildman–Crippen LogP) is 4.54. The molecule has 1 heterocycles. The van der Waals surface area contributed by atoms with E-state index in [2.05, 4.69) is 37.2 Å². The standard InChI is InChI=1S/C14H11Br2NO3S/c15-11-7-10(13(16)21-11)14(20)17-9-4-1-8(2-5-9)3-6-12(18)19/h1-2,4-5,7H,3,6H2,(H,17,20)(H,18,19). The predicted molar refractivity (Wildman–Crippen MR) is 90.1 cm³/mol. The molecule has 0 bridgehead atoms. The molecule has 0 atom stereocenters. The third-order valence-electron chi connectivity index (χ3n) is 2.74. The summed E-state index contributed by atoms with van der Waals surface area (Å²) in [6, 6.07) is 8.92. The minimum atomic E-state index is -0.819. The number of amides is 1. The summed E-state index contributed by atoms with van der Waals surface area (Å²) >= 11 is 8.12. The van der Waals surface area contributed by atoms with Crippen molar-refractivity contribution >= 4 is 60.8 Å². The Labute approximate surface area is 142 Å². The minimum absolute atomic E-state index is 0.0988. The number of rotatable bonds is 5. The summed E-state index contributed by atoms with van der Waals surface area (Å²) in [6.45, 7) is 0. The van der Waals surface area contributed by atoms with E-state index in [-0.39, 0.29) is 12.3 Å². The van der Waals surface area contributed by atoms with Crippen molar-refractivity contribution in [3.05, 3.63) is 49.0 Å². The number of carboxylic acids is 1. The zero-order valence-electron chi connectivity index (χ0n) is 10.7. The Morgan fingerprint density at radius 3 is 2.38 bits per heavy atom. The van der Waals surface area contributed by atoms with Crippen molar-refractivity contribution in [1.82, 2.24) is 0 Å². The van der Waals surface area contributed by atoms with Crippen molar-refractivity contribution in [2.45, 2.75) is 12.8 Å². The van der Waals surface area contributed by atoms with Crippen LogP contribution in [0.15, 0.2) is 37.9 Å². The van der Waals surface area contributed by atoms with Gasteiger partial charge in [0.2, 0.25) is 0 Å². The van der Waals surface area contributed by atoms with Crippen LogP contribution in [0.4, 0.5) is 5.69 Å². The first kappa shape index (κ1) is 16.2. The van der Waals surface area contributed by atoms with Crippen molar-refractivity contribution < 1.29 is 14.7 Å². The molecular weight excluding hydrogens is 422 g/mol. The van der Waals surface area contributed by atoms with Gasteiger partial charge in [0.05, 0.1) is 13.1 Å². The highest BCUT2D eigenvalue weighted by atomic mass is 79.9. The Balaban J connectivity index is 2.01. The van der Waals surface area contributed by atoms with E-state index in [0.717, 1.165) is 13.1 Å². The summed E-state index contributed by atoms with van der Waals surface area (Å²) in [5.74, 6) is -1.01. The number of thiophene rings is 1. The molecule has 110 valence electrons. The fourth-order valence-corrected chi connectivity index (χ4v) is 4.49. The van der Waals surface area contributed by atoms with E-state index in [1.54, 1.807) is 18.2 Å². The van der Waals surface area contributed by atoms with Gasteiger partial charge in [0.15, 0.2) is 0 Å². The second-order valence-electron chi connectivity index (χ2n) is 4.28. The van der Waals surface area contributed by atoms with Crippen LogP contribution in [0, 0.1) is 0 Å². The summed E-state index contributed by atoms with van der Waals surface area (Å²) in [4.78, 5) is 22.6. The van der Waals surface area contributed by atoms with Crippen molar-refractivity contribution in [2.75, 3.05) is 5.32 Å². The highest BCUT2D eigenvalue weighted by molar-refractivity contribution is 9.12. The molecule has 1 amide bonds. The van der Waals surface area contributed by atoms with Gasteiger partial charge in [0, 0.05) is 12.1 Å². The summed E-state index contributed by atoms with van der Waals surface area (Å²) in [5, 5.41) is 11.4. The summed E-state index contributed by atoms with van der Waals surface area (Å²) < 4.78 is 1.65. The first-order valence-corrected chi connectivity index (χ1v) is 8.43. The van der Waals surface area contributed by atoms with Crippen LogP contribution in [-0.4, -0.2) is 17.0 Å². The monoisotopic (exact) mass is 431 g/mol. The maximum Gasteiger partial charge on any atom is 0.303 e. The molecule has 2 aromatic rings. The van der Waals surface area contributed by atoms with Gasteiger partial charge in [-0.05, 0) is 62.0 Å². The first-order valence-electron chi connectivity index (χ1n) is 6.02. The lowest BCUT2D eigenvalue weighted by Crippen LogP contribution is -2.11. The molecule has 0 fully saturated rings. The average molecular weight is 433 g/mol. The third kappa shape index (κ3) is 4.66. The molecule has 0 saturated carbocycles. The molecule has 21 heavy (non-hydrogen) atoms. The second kappa shape index (κ2) is 7.20. The van der Waals surface area contributed by atoms with Crippen molar-refractivity contribution in [3.8, 4) is 0 Å². The Hall–Kier alpha value is -1.18. The molecule has 0 spiro atoms. The van der Waals surface area contributed by atoms with Crippen LogP contribution in [-0.2, 0) is 11.2 Å². The van der Waals surface area contributed by atoms with Gasteiger partial charge in [-0.25, -0.2) is 0 Å². The molecule has 2 rings (SSSR count). The fourth-order valence-electron chi connectivity index (χ4n) is 1.70. The highest BCUT2D eigenvalue weighted by Gasteiger charge is 2.13. The largest absolute Gasteiger partial charge is 0.481 e. The lowest BCUT2D eigenvalue weighted by Gasteiger charge is -2.05. The van der Waals surface area contributed by atoms with Crippen molar-refractivity contribution in [3.63, 3.8) is 0 Å². The molecule has 0 aliphatic rings. The van der Waals surface area contributed by atoms with E-state index in [1.165, 1.54) is 11.3 Å². The zero-order valence-corrected chi connectivity index (χ0v) is 14.7. The quantitative estimate of drug-likeness (QED) is 0.728. The maximum atomic E-state index is 12.1. The molecule has 0 radical (unpaired) electrons. The number of nitrogens with one attached hydrogen (secondary N) is 1. The maximum absolute atomic E-state index is 12.1. The molecule has 0 unspecified atom stereocenters. The van der Waals surface area contributed by atoms with Gasteiger partial charge < -0.3 is 10.4 Å². The average Bonchev–Trinajstić information content (AvgIpc) is 2.77. The van der Waals surface area contributed by atoms with Gasteiger partial charge in [-0.2, -0.15) is 0 Å². The number of anilines is 1. The minimum Gasteiger partial charge on any atom is -0.481 e. The number of benzene rings is 1. The number of carboxylic acid groups (broad SMARTS) is 1. The molecular formula is C14H11Br2NO3S. The molecule has 2 N–H and O–H groups in total. The summed E-state index contributed by atoms with van der Waals surface area (Å²) in [7, 11) is 0. The first-order chi connectivity index (χ1) is 9.95. The van der Waals surface area contributed by atoms with Crippen LogP contribution in [0.25, 0.3) is 0 Å².